The highest BCUT2D eigenvalue weighted by Gasteiger charge is 2.76. The maximum Gasteiger partial charge on any atom is 0.350 e. The summed E-state index contributed by atoms with van der Waals surface area (Å²) in [6.45, 7) is 0. The van der Waals surface area contributed by atoms with Gasteiger partial charge in [0.25, 0.3) is 0 Å². The van der Waals surface area contributed by atoms with Crippen LogP contribution in [0, 0.1) is 0 Å². The fraction of sp³-hybridized carbons (Fsp3) is 1.00. The molecule has 0 saturated heterocycles. The SMILES string of the molecule is O=[P+]([O-])C1(O)[C@@H](O)[C@H](O)C(O)([P+](=O)[O-])[C@@H](O)[C@@H]1O. The Bertz CT molecular complexity index is 333. The van der Waals surface area contributed by atoms with Gasteiger partial charge in [-0.1, -0.05) is 9.13 Å². The quantitative estimate of drug-likeness (QED) is 0.268. The predicted octanol–water partition coefficient (Wildman–Crippen LogP) is -4.97. The molecule has 0 amide bonds. The Balaban J connectivity index is 3.36. The zero-order valence-electron chi connectivity index (χ0n) is 8.52. The van der Waals surface area contributed by atoms with Gasteiger partial charge in [-0.05, 0) is 0 Å². The summed E-state index contributed by atoms with van der Waals surface area (Å²) in [6, 6.07) is 0. The van der Waals surface area contributed by atoms with Gasteiger partial charge >= 0.3 is 26.7 Å². The van der Waals surface area contributed by atoms with Crippen LogP contribution in [-0.4, -0.2) is 65.7 Å². The van der Waals surface area contributed by atoms with E-state index in [1.807, 2.05) is 0 Å². The van der Waals surface area contributed by atoms with Gasteiger partial charge in [-0.25, -0.2) is 0 Å². The average Bonchev–Trinajstić information content (AvgIpc) is 2.30. The van der Waals surface area contributed by atoms with Gasteiger partial charge in [-0.15, -0.1) is 0 Å². The molecule has 0 aromatic carbocycles. The molecule has 6 atom stereocenters. The summed E-state index contributed by atoms with van der Waals surface area (Å²) in [4.78, 5) is 21.6. The van der Waals surface area contributed by atoms with E-state index in [1.165, 1.54) is 0 Å². The van der Waals surface area contributed by atoms with E-state index in [-0.39, 0.29) is 0 Å². The van der Waals surface area contributed by atoms with Crippen LogP contribution in [0.3, 0.4) is 0 Å². The van der Waals surface area contributed by atoms with Crippen molar-refractivity contribution in [1.29, 1.82) is 0 Å². The lowest BCUT2D eigenvalue weighted by Crippen LogP contribution is -2.74. The highest BCUT2D eigenvalue weighted by Crippen LogP contribution is 2.51. The van der Waals surface area contributed by atoms with Crippen LogP contribution in [0.15, 0.2) is 0 Å². The molecule has 104 valence electrons. The van der Waals surface area contributed by atoms with E-state index in [2.05, 4.69) is 0 Å². The monoisotopic (exact) mass is 304 g/mol. The molecule has 0 bridgehead atoms. The molecular weight excluding hydrogens is 294 g/mol. The Morgan fingerprint density at radius 2 is 0.889 bits per heavy atom. The third-order valence-electron chi connectivity index (χ3n) is 2.92. The van der Waals surface area contributed by atoms with Crippen LogP contribution in [-0.2, 0) is 9.13 Å². The van der Waals surface area contributed by atoms with E-state index in [0.29, 0.717) is 0 Å². The van der Waals surface area contributed by atoms with E-state index in [0.717, 1.165) is 0 Å². The fourth-order valence-electron chi connectivity index (χ4n) is 1.71. The first-order valence-corrected chi connectivity index (χ1v) is 6.83. The highest BCUT2D eigenvalue weighted by atomic mass is 31.1. The summed E-state index contributed by atoms with van der Waals surface area (Å²) >= 11 is 0. The van der Waals surface area contributed by atoms with Gasteiger partial charge in [0.05, 0.1) is 0 Å². The maximum absolute atomic E-state index is 10.8. The number of aliphatic hydroxyl groups excluding tert-OH is 4. The molecule has 12 heteroatoms. The topological polar surface area (TPSA) is 202 Å². The van der Waals surface area contributed by atoms with Crippen molar-refractivity contribution in [2.75, 3.05) is 0 Å². The summed E-state index contributed by atoms with van der Waals surface area (Å²) in [5.41, 5.74) is 0. The number of hydrogen-bond donors (Lipinski definition) is 6. The Morgan fingerprint density at radius 3 is 1.00 bits per heavy atom. The fourth-order valence-corrected chi connectivity index (χ4v) is 3.14. The molecule has 0 aromatic rings. The van der Waals surface area contributed by atoms with Gasteiger partial charge < -0.3 is 40.4 Å². The summed E-state index contributed by atoms with van der Waals surface area (Å²) in [6.07, 6.45) is -10.9. The Labute approximate surface area is 101 Å². The Kier molecular flexibility index (Phi) is 4.22. The van der Waals surface area contributed by atoms with Gasteiger partial charge in [0.1, 0.15) is 0 Å². The minimum Gasteiger partial charge on any atom is -0.593 e. The van der Waals surface area contributed by atoms with Crippen molar-refractivity contribution in [3.05, 3.63) is 0 Å². The molecule has 2 unspecified atom stereocenters. The molecular formula is C6H10O10P2. The van der Waals surface area contributed by atoms with Crippen molar-refractivity contribution in [2.45, 2.75) is 35.1 Å². The Hall–Kier alpha value is -0.120. The molecule has 0 heterocycles. The Morgan fingerprint density at radius 1 is 0.722 bits per heavy atom. The first-order valence-electron chi connectivity index (χ1n) is 4.48. The number of hydrogen-bond acceptors (Lipinski definition) is 10. The second-order valence-electron chi connectivity index (χ2n) is 3.86. The molecule has 1 rings (SSSR count). The minimum absolute atomic E-state index is 2.73. The van der Waals surface area contributed by atoms with Crippen molar-refractivity contribution >= 4 is 16.1 Å². The van der Waals surface area contributed by atoms with Crippen LogP contribution in [0.25, 0.3) is 0 Å². The lowest BCUT2D eigenvalue weighted by atomic mass is 9.83. The largest absolute Gasteiger partial charge is 0.593 e. The summed E-state index contributed by atoms with van der Waals surface area (Å²) in [5.74, 6) is 0. The molecule has 1 aliphatic rings. The standard InChI is InChI=1S/C6H10O10P2/c7-1-2(8)6(12,18(15)16)4(10)3(9)5(1,11)17(13)14/h1-4,7-12H/t1-,2-,3-,4-,5?,6?/m0/s1. The third kappa shape index (κ3) is 1.83. The second kappa shape index (κ2) is 4.77. The maximum atomic E-state index is 10.8. The summed E-state index contributed by atoms with van der Waals surface area (Å²) in [5, 5.41) is 49.7. The van der Waals surface area contributed by atoms with Crippen molar-refractivity contribution in [3.8, 4) is 0 Å². The average molecular weight is 304 g/mol. The first kappa shape index (κ1) is 15.9. The van der Waals surface area contributed by atoms with Crippen LogP contribution in [0.4, 0.5) is 0 Å². The van der Waals surface area contributed by atoms with Crippen molar-refractivity contribution in [2.24, 2.45) is 0 Å². The molecule has 0 radical (unpaired) electrons. The molecule has 1 fully saturated rings. The van der Waals surface area contributed by atoms with Crippen molar-refractivity contribution in [1.82, 2.24) is 0 Å². The number of aliphatic hydroxyl groups is 6. The lowest BCUT2D eigenvalue weighted by Gasteiger charge is -2.44. The zero-order chi connectivity index (χ0) is 14.5. The van der Waals surface area contributed by atoms with E-state index in [1.54, 1.807) is 0 Å². The third-order valence-corrected chi connectivity index (χ3v) is 5.15. The van der Waals surface area contributed by atoms with Gasteiger partial charge in [-0.2, -0.15) is 0 Å². The van der Waals surface area contributed by atoms with Gasteiger partial charge in [-0.3, -0.25) is 0 Å². The first-order chi connectivity index (χ1) is 8.02. The van der Waals surface area contributed by atoms with E-state index < -0.39 is 51.2 Å². The van der Waals surface area contributed by atoms with Crippen LogP contribution >= 0.6 is 16.1 Å². The number of rotatable bonds is 2. The second-order valence-corrected chi connectivity index (χ2v) is 6.32. The lowest BCUT2D eigenvalue weighted by molar-refractivity contribution is -0.283. The molecule has 10 nitrogen and oxygen atoms in total. The van der Waals surface area contributed by atoms with Crippen LogP contribution in [0.5, 0.6) is 0 Å². The molecule has 0 aliphatic heterocycles. The predicted molar refractivity (Wildman–Crippen MR) is 49.1 cm³/mol. The van der Waals surface area contributed by atoms with Crippen LogP contribution in [0.1, 0.15) is 0 Å². The van der Waals surface area contributed by atoms with Gasteiger partial charge in [0.15, 0.2) is 24.4 Å². The molecule has 1 aliphatic carbocycles. The highest BCUT2D eigenvalue weighted by molar-refractivity contribution is 7.39. The molecule has 1 saturated carbocycles. The van der Waals surface area contributed by atoms with Crippen molar-refractivity contribution in [3.63, 3.8) is 0 Å². The normalized spacial score (nSPS) is 50.9. The van der Waals surface area contributed by atoms with E-state index in [4.69, 9.17) is 0 Å². The zero-order valence-corrected chi connectivity index (χ0v) is 10.3. The van der Waals surface area contributed by atoms with E-state index >= 15 is 0 Å². The smallest absolute Gasteiger partial charge is 0.350 e. The van der Waals surface area contributed by atoms with Crippen LogP contribution < -0.4 is 9.79 Å². The van der Waals surface area contributed by atoms with Crippen molar-refractivity contribution < 1.29 is 49.6 Å². The summed E-state index contributed by atoms with van der Waals surface area (Å²) < 4.78 is 21.6. The van der Waals surface area contributed by atoms with Crippen LogP contribution in [0.2, 0.25) is 0 Å². The minimum atomic E-state index is -3.97. The van der Waals surface area contributed by atoms with Gasteiger partial charge in [0, 0.05) is 0 Å². The molecule has 18 heavy (non-hydrogen) atoms. The van der Waals surface area contributed by atoms with Gasteiger partial charge in [0.2, 0.25) is 0 Å². The van der Waals surface area contributed by atoms with E-state index in [9.17, 15) is 49.6 Å². The molecule has 0 spiro atoms. The molecule has 6 N–H and O–H groups in total. The molecule has 0 aromatic heterocycles. The summed E-state index contributed by atoms with van der Waals surface area (Å²) in [7, 11) is -7.93.